The molecular formula is C19H16BrNO4. The first-order valence-corrected chi connectivity index (χ1v) is 8.45. The Morgan fingerprint density at radius 3 is 2.44 bits per heavy atom. The molecule has 1 atom stereocenters. The number of methoxy groups -OCH3 is 1. The second kappa shape index (κ2) is 7.11. The third kappa shape index (κ3) is 3.44. The van der Waals surface area contributed by atoms with Crippen molar-refractivity contribution in [1.29, 1.82) is 0 Å². The molecule has 0 fully saturated rings. The number of carbonyl (C=O) groups excluding carboxylic acids is 2. The molecule has 0 saturated heterocycles. The first kappa shape index (κ1) is 17.2. The summed E-state index contributed by atoms with van der Waals surface area (Å²) in [7, 11) is 1.32. The zero-order valence-corrected chi connectivity index (χ0v) is 15.3. The molecule has 0 aliphatic rings. The smallest absolute Gasteiger partial charge is 0.340 e. The van der Waals surface area contributed by atoms with Crippen LogP contribution in [0.5, 0.6) is 5.75 Å². The normalized spacial score (nSPS) is 12.0. The van der Waals surface area contributed by atoms with Crippen LogP contribution in [0.1, 0.15) is 22.1 Å². The van der Waals surface area contributed by atoms with Crippen molar-refractivity contribution in [3.8, 4) is 5.75 Å². The number of aromatic nitrogens is 1. The Balaban J connectivity index is 1.93. The maximum atomic E-state index is 12.8. The van der Waals surface area contributed by atoms with Crippen molar-refractivity contribution in [2.45, 2.75) is 13.0 Å². The highest BCUT2D eigenvalue weighted by Gasteiger charge is 2.23. The lowest BCUT2D eigenvalue weighted by atomic mass is 10.2. The van der Waals surface area contributed by atoms with Crippen molar-refractivity contribution in [1.82, 2.24) is 4.57 Å². The van der Waals surface area contributed by atoms with E-state index in [0.29, 0.717) is 22.2 Å². The van der Waals surface area contributed by atoms with Gasteiger partial charge in [0.1, 0.15) is 5.75 Å². The van der Waals surface area contributed by atoms with Crippen LogP contribution in [0.15, 0.2) is 59.2 Å². The first-order chi connectivity index (χ1) is 12.0. The number of rotatable bonds is 4. The van der Waals surface area contributed by atoms with Crippen LogP contribution in [0, 0.1) is 0 Å². The van der Waals surface area contributed by atoms with E-state index in [9.17, 15) is 9.59 Å². The van der Waals surface area contributed by atoms with Gasteiger partial charge in [-0.25, -0.2) is 4.79 Å². The lowest BCUT2D eigenvalue weighted by Crippen LogP contribution is -2.28. The highest BCUT2D eigenvalue weighted by molar-refractivity contribution is 9.10. The SMILES string of the molecule is COC(=O)c1cn(C(=O)[C@@H](C)Oc2ccc(Br)cc2)c2ccccc12. The number of esters is 1. The van der Waals surface area contributed by atoms with E-state index >= 15 is 0 Å². The molecule has 5 nitrogen and oxygen atoms in total. The van der Waals surface area contributed by atoms with Gasteiger partial charge in [-0.3, -0.25) is 9.36 Å². The molecule has 0 aliphatic heterocycles. The van der Waals surface area contributed by atoms with E-state index in [1.54, 1.807) is 31.2 Å². The van der Waals surface area contributed by atoms with Gasteiger partial charge in [0.25, 0.3) is 5.91 Å². The number of benzene rings is 2. The van der Waals surface area contributed by atoms with E-state index in [2.05, 4.69) is 15.9 Å². The van der Waals surface area contributed by atoms with E-state index in [0.717, 1.165) is 4.47 Å². The summed E-state index contributed by atoms with van der Waals surface area (Å²) >= 11 is 3.36. The summed E-state index contributed by atoms with van der Waals surface area (Å²) in [4.78, 5) is 24.8. The van der Waals surface area contributed by atoms with Crippen molar-refractivity contribution in [3.05, 3.63) is 64.8 Å². The van der Waals surface area contributed by atoms with Crippen molar-refractivity contribution in [2.24, 2.45) is 0 Å². The monoisotopic (exact) mass is 401 g/mol. The molecule has 0 spiro atoms. The largest absolute Gasteiger partial charge is 0.481 e. The van der Waals surface area contributed by atoms with Gasteiger partial charge in [0.15, 0.2) is 6.10 Å². The van der Waals surface area contributed by atoms with Gasteiger partial charge < -0.3 is 9.47 Å². The van der Waals surface area contributed by atoms with Crippen molar-refractivity contribution < 1.29 is 19.1 Å². The van der Waals surface area contributed by atoms with Gasteiger partial charge in [-0.15, -0.1) is 0 Å². The molecule has 0 aliphatic carbocycles. The van der Waals surface area contributed by atoms with Crippen LogP contribution in [0.2, 0.25) is 0 Å². The molecule has 0 bridgehead atoms. The predicted molar refractivity (Wildman–Crippen MR) is 98.1 cm³/mol. The number of nitrogens with zero attached hydrogens (tertiary/aromatic N) is 1. The number of ether oxygens (including phenoxy) is 2. The van der Waals surface area contributed by atoms with E-state index in [1.165, 1.54) is 17.9 Å². The second-order valence-corrected chi connectivity index (χ2v) is 6.39. The summed E-state index contributed by atoms with van der Waals surface area (Å²) in [5.41, 5.74) is 0.987. The van der Waals surface area contributed by atoms with Crippen LogP contribution >= 0.6 is 15.9 Å². The first-order valence-electron chi connectivity index (χ1n) is 7.66. The fraction of sp³-hybridized carbons (Fsp3) is 0.158. The molecule has 1 heterocycles. The third-order valence-corrected chi connectivity index (χ3v) is 4.36. The number of carbonyl (C=O) groups is 2. The Morgan fingerprint density at radius 2 is 1.76 bits per heavy atom. The molecule has 0 N–H and O–H groups in total. The molecule has 1 aromatic heterocycles. The van der Waals surface area contributed by atoms with Crippen LogP contribution < -0.4 is 4.74 Å². The van der Waals surface area contributed by atoms with Gasteiger partial charge in [0.2, 0.25) is 0 Å². The molecule has 0 saturated carbocycles. The van der Waals surface area contributed by atoms with Crippen LogP contribution in [0.25, 0.3) is 10.9 Å². The summed E-state index contributed by atoms with van der Waals surface area (Å²) in [6.45, 7) is 1.68. The number of fused-ring (bicyclic) bond motifs is 1. The Kier molecular flexibility index (Phi) is 4.90. The van der Waals surface area contributed by atoms with Gasteiger partial charge in [0.05, 0.1) is 18.2 Å². The lowest BCUT2D eigenvalue weighted by Gasteiger charge is -2.14. The van der Waals surface area contributed by atoms with E-state index in [4.69, 9.17) is 9.47 Å². The van der Waals surface area contributed by atoms with Crippen molar-refractivity contribution >= 4 is 38.7 Å². The summed E-state index contributed by atoms with van der Waals surface area (Å²) < 4.78 is 12.9. The number of hydrogen-bond acceptors (Lipinski definition) is 4. The molecule has 3 aromatic rings. The molecule has 3 rings (SSSR count). The molecule has 2 aromatic carbocycles. The highest BCUT2D eigenvalue weighted by Crippen LogP contribution is 2.23. The quantitative estimate of drug-likeness (QED) is 0.611. The van der Waals surface area contributed by atoms with Gasteiger partial charge in [0, 0.05) is 16.1 Å². The predicted octanol–water partition coefficient (Wildman–Crippen LogP) is 4.30. The van der Waals surface area contributed by atoms with Crippen LogP contribution in [-0.4, -0.2) is 29.7 Å². The molecule has 25 heavy (non-hydrogen) atoms. The van der Waals surface area contributed by atoms with Gasteiger partial charge >= 0.3 is 5.97 Å². The van der Waals surface area contributed by atoms with Crippen molar-refractivity contribution in [3.63, 3.8) is 0 Å². The van der Waals surface area contributed by atoms with Gasteiger partial charge in [-0.2, -0.15) is 0 Å². The maximum absolute atomic E-state index is 12.8. The van der Waals surface area contributed by atoms with Crippen LogP contribution in [0.3, 0.4) is 0 Å². The Bertz CT molecular complexity index is 930. The summed E-state index contributed by atoms with van der Waals surface area (Å²) in [5.74, 6) is -0.160. The topological polar surface area (TPSA) is 57.5 Å². The molecular weight excluding hydrogens is 386 g/mol. The third-order valence-electron chi connectivity index (χ3n) is 3.83. The minimum Gasteiger partial charge on any atom is -0.481 e. The van der Waals surface area contributed by atoms with Crippen molar-refractivity contribution in [2.75, 3.05) is 7.11 Å². The highest BCUT2D eigenvalue weighted by atomic mass is 79.9. The number of halogens is 1. The molecule has 128 valence electrons. The number of para-hydroxylation sites is 1. The van der Waals surface area contributed by atoms with Crippen LogP contribution in [-0.2, 0) is 4.74 Å². The average Bonchev–Trinajstić information content (AvgIpc) is 3.02. The minimum atomic E-state index is -0.720. The molecule has 6 heteroatoms. The Labute approximate surface area is 153 Å². The zero-order chi connectivity index (χ0) is 18.0. The van der Waals surface area contributed by atoms with E-state index in [1.807, 2.05) is 24.3 Å². The lowest BCUT2D eigenvalue weighted by molar-refractivity contribution is 0.0602. The Morgan fingerprint density at radius 1 is 1.08 bits per heavy atom. The van der Waals surface area contributed by atoms with Crippen LogP contribution in [0.4, 0.5) is 0 Å². The zero-order valence-electron chi connectivity index (χ0n) is 13.7. The fourth-order valence-corrected chi connectivity index (χ4v) is 2.86. The average molecular weight is 402 g/mol. The second-order valence-electron chi connectivity index (χ2n) is 5.47. The number of hydrogen-bond donors (Lipinski definition) is 0. The standard InChI is InChI=1S/C19H16BrNO4/c1-12(25-14-9-7-13(20)8-10-14)18(22)21-11-16(19(23)24-2)15-5-3-4-6-17(15)21/h3-12H,1-2H3/t12-/m1/s1. The minimum absolute atomic E-state index is 0.269. The molecule has 0 unspecified atom stereocenters. The fourth-order valence-electron chi connectivity index (χ4n) is 2.60. The van der Waals surface area contributed by atoms with Gasteiger partial charge in [-0.05, 0) is 37.3 Å². The van der Waals surface area contributed by atoms with Gasteiger partial charge in [-0.1, -0.05) is 34.1 Å². The molecule has 0 radical (unpaired) electrons. The summed E-state index contributed by atoms with van der Waals surface area (Å²) in [5, 5.41) is 0.665. The summed E-state index contributed by atoms with van der Waals surface area (Å²) in [6, 6.07) is 14.4. The van der Waals surface area contributed by atoms with E-state index in [-0.39, 0.29) is 5.91 Å². The van der Waals surface area contributed by atoms with E-state index < -0.39 is 12.1 Å². The maximum Gasteiger partial charge on any atom is 0.340 e. The molecule has 0 amide bonds. The summed E-state index contributed by atoms with van der Waals surface area (Å²) in [6.07, 6.45) is 0.780. The Hall–Kier alpha value is -2.60.